The molecule has 136 valence electrons. The van der Waals surface area contributed by atoms with Crippen LogP contribution in [0.5, 0.6) is 0 Å². The number of hydrogen-bond donors (Lipinski definition) is 0. The summed E-state index contributed by atoms with van der Waals surface area (Å²) in [7, 11) is 0. The first kappa shape index (κ1) is 17.1. The zero-order valence-corrected chi connectivity index (χ0v) is 16.3. The third-order valence-electron chi connectivity index (χ3n) is 9.70. The van der Waals surface area contributed by atoms with Crippen molar-refractivity contribution >= 4 is 0 Å². The van der Waals surface area contributed by atoms with Crippen molar-refractivity contribution in [2.24, 2.45) is 40.4 Å². The van der Waals surface area contributed by atoms with Crippen molar-refractivity contribution in [3.8, 4) is 0 Å². The van der Waals surface area contributed by atoms with Crippen LogP contribution < -0.4 is 0 Å². The maximum atomic E-state index is 15.9. The number of rotatable bonds is 1. The van der Waals surface area contributed by atoms with Crippen LogP contribution in [0.1, 0.15) is 85.5 Å². The van der Waals surface area contributed by atoms with Crippen molar-refractivity contribution in [3.63, 3.8) is 0 Å². The lowest BCUT2D eigenvalue weighted by Gasteiger charge is -2.61. The molecule has 0 N–H and O–H groups in total. The van der Waals surface area contributed by atoms with E-state index in [1.165, 1.54) is 38.5 Å². The average Bonchev–Trinajstić information content (AvgIpc) is 2.81. The molecule has 4 rings (SSSR count). The Morgan fingerprint density at radius 3 is 2.38 bits per heavy atom. The summed E-state index contributed by atoms with van der Waals surface area (Å²) in [5.74, 6) is 4.08. The summed E-state index contributed by atoms with van der Waals surface area (Å²) in [6.45, 7) is 13.3. The lowest BCUT2D eigenvalue weighted by atomic mass is 9.44. The summed E-state index contributed by atoms with van der Waals surface area (Å²) in [5, 5.41) is 0. The number of halogens is 1. The minimum atomic E-state index is -1.11. The van der Waals surface area contributed by atoms with E-state index in [2.05, 4.69) is 27.4 Å². The van der Waals surface area contributed by atoms with Crippen LogP contribution in [0, 0.1) is 40.4 Å². The van der Waals surface area contributed by atoms with Gasteiger partial charge in [-0.15, -0.1) is 0 Å². The lowest BCUT2D eigenvalue weighted by molar-refractivity contribution is -0.129. The van der Waals surface area contributed by atoms with Gasteiger partial charge in [-0.05, 0) is 98.9 Å². The van der Waals surface area contributed by atoms with Crippen LogP contribution in [-0.4, -0.2) is 5.67 Å². The van der Waals surface area contributed by atoms with Gasteiger partial charge in [0.25, 0.3) is 0 Å². The molecule has 1 heteroatoms. The van der Waals surface area contributed by atoms with Crippen LogP contribution in [0.25, 0.3) is 0 Å². The van der Waals surface area contributed by atoms with Gasteiger partial charge in [0.15, 0.2) is 0 Å². The van der Waals surface area contributed by atoms with Crippen LogP contribution in [0.15, 0.2) is 12.2 Å². The van der Waals surface area contributed by atoms with Gasteiger partial charge in [0, 0.05) is 5.41 Å². The van der Waals surface area contributed by atoms with Crippen molar-refractivity contribution in [1.82, 2.24) is 0 Å². The monoisotopic (exact) mass is 332 g/mol. The molecular formula is C23H37F. The molecule has 0 heterocycles. The van der Waals surface area contributed by atoms with Crippen LogP contribution in [0.3, 0.4) is 0 Å². The van der Waals surface area contributed by atoms with Crippen LogP contribution >= 0.6 is 0 Å². The molecule has 0 radical (unpaired) electrons. The third-order valence-corrected chi connectivity index (χ3v) is 9.70. The van der Waals surface area contributed by atoms with Crippen LogP contribution in [-0.2, 0) is 0 Å². The normalized spacial score (nSPS) is 57.0. The van der Waals surface area contributed by atoms with E-state index in [0.29, 0.717) is 11.3 Å². The Hall–Kier alpha value is -0.330. The highest BCUT2D eigenvalue weighted by Gasteiger charge is 2.65. The second kappa shape index (κ2) is 5.34. The van der Waals surface area contributed by atoms with E-state index in [-0.39, 0.29) is 5.41 Å². The van der Waals surface area contributed by atoms with Gasteiger partial charge in [0.05, 0.1) is 0 Å². The fourth-order valence-electron chi connectivity index (χ4n) is 8.16. The second-order valence-electron chi connectivity index (χ2n) is 10.6. The topological polar surface area (TPSA) is 0 Å². The largest absolute Gasteiger partial charge is 0.238 e. The van der Waals surface area contributed by atoms with Gasteiger partial charge in [-0.3, -0.25) is 0 Å². The van der Waals surface area contributed by atoms with E-state index < -0.39 is 5.67 Å². The van der Waals surface area contributed by atoms with E-state index in [4.69, 9.17) is 0 Å². The van der Waals surface area contributed by atoms with Gasteiger partial charge in [-0.2, -0.15) is 0 Å². The Balaban J connectivity index is 1.65. The predicted octanol–water partition coefficient (Wildman–Crippen LogP) is 6.95. The molecule has 4 fully saturated rings. The van der Waals surface area contributed by atoms with E-state index >= 15 is 4.39 Å². The molecule has 4 aliphatic rings. The SMILES string of the molecule is C=C(C)C1(F)CCC2C3CCC4CC(C)CCC4(C)C3CCC21C. The number of fused-ring (bicyclic) bond motifs is 5. The molecule has 0 bridgehead atoms. The van der Waals surface area contributed by atoms with Gasteiger partial charge in [0.2, 0.25) is 0 Å². The first-order chi connectivity index (χ1) is 11.2. The van der Waals surface area contributed by atoms with Crippen molar-refractivity contribution in [1.29, 1.82) is 0 Å². The Kier molecular flexibility index (Phi) is 3.80. The summed E-state index contributed by atoms with van der Waals surface area (Å²) in [5.41, 5.74) is 0.0751. The van der Waals surface area contributed by atoms with E-state index in [1.54, 1.807) is 0 Å². The summed E-state index contributed by atoms with van der Waals surface area (Å²) in [6.07, 6.45) is 11.2. The summed E-state index contributed by atoms with van der Waals surface area (Å²) in [4.78, 5) is 0. The van der Waals surface area contributed by atoms with Crippen LogP contribution in [0.2, 0.25) is 0 Å². The van der Waals surface area contributed by atoms with Gasteiger partial charge in [-0.25, -0.2) is 4.39 Å². The quantitative estimate of drug-likeness (QED) is 0.456. The Morgan fingerprint density at radius 1 is 0.958 bits per heavy atom. The van der Waals surface area contributed by atoms with Crippen molar-refractivity contribution < 1.29 is 4.39 Å². The van der Waals surface area contributed by atoms with E-state index in [1.807, 2.05) is 6.92 Å². The number of hydrogen-bond acceptors (Lipinski definition) is 0. The van der Waals surface area contributed by atoms with E-state index in [9.17, 15) is 0 Å². The first-order valence-electron chi connectivity index (χ1n) is 10.6. The van der Waals surface area contributed by atoms with Crippen molar-refractivity contribution in [2.45, 2.75) is 91.2 Å². The Labute approximate surface area is 148 Å². The van der Waals surface area contributed by atoms with Crippen molar-refractivity contribution in [3.05, 3.63) is 12.2 Å². The number of allylic oxidation sites excluding steroid dienone is 1. The zero-order chi connectivity index (χ0) is 17.3. The first-order valence-corrected chi connectivity index (χ1v) is 10.6. The smallest absolute Gasteiger partial charge is 0.137 e. The predicted molar refractivity (Wildman–Crippen MR) is 99.5 cm³/mol. The average molecular weight is 333 g/mol. The number of alkyl halides is 1. The fraction of sp³-hybridized carbons (Fsp3) is 0.913. The second-order valence-corrected chi connectivity index (χ2v) is 10.6. The highest BCUT2D eigenvalue weighted by atomic mass is 19.1. The van der Waals surface area contributed by atoms with E-state index in [0.717, 1.165) is 48.5 Å². The Bertz CT molecular complexity index is 538. The third kappa shape index (κ3) is 2.02. The van der Waals surface area contributed by atoms with Crippen LogP contribution in [0.4, 0.5) is 4.39 Å². The molecule has 0 amide bonds. The van der Waals surface area contributed by atoms with Crippen molar-refractivity contribution in [2.75, 3.05) is 0 Å². The molecule has 24 heavy (non-hydrogen) atoms. The maximum Gasteiger partial charge on any atom is 0.137 e. The summed E-state index contributed by atoms with van der Waals surface area (Å²) >= 11 is 0. The molecule has 0 nitrogen and oxygen atoms in total. The molecule has 0 saturated heterocycles. The molecular weight excluding hydrogens is 295 g/mol. The highest BCUT2D eigenvalue weighted by molar-refractivity contribution is 5.24. The standard InChI is InChI=1S/C23H37F/c1-15(2)23(24)13-10-20-18-7-6-17-14-16(3)8-11-21(17,4)19(18)9-12-22(20,23)5/h16-20H,1,6-14H2,2-5H3. The Morgan fingerprint density at radius 2 is 1.67 bits per heavy atom. The highest BCUT2D eigenvalue weighted by Crippen LogP contribution is 2.70. The fourth-order valence-corrected chi connectivity index (χ4v) is 8.16. The molecule has 0 aromatic heterocycles. The van der Waals surface area contributed by atoms with Gasteiger partial charge in [-0.1, -0.05) is 33.8 Å². The lowest BCUT2D eigenvalue weighted by Crippen LogP contribution is -2.55. The molecule has 4 aliphatic carbocycles. The maximum absolute atomic E-state index is 15.9. The molecule has 0 spiro atoms. The minimum absolute atomic E-state index is 0.148. The molecule has 4 saturated carbocycles. The summed E-state index contributed by atoms with van der Waals surface area (Å²) in [6, 6.07) is 0. The van der Waals surface area contributed by atoms with Gasteiger partial charge >= 0.3 is 0 Å². The molecule has 0 aromatic rings. The molecule has 8 unspecified atom stereocenters. The van der Waals surface area contributed by atoms with Gasteiger partial charge < -0.3 is 0 Å². The molecule has 0 aromatic carbocycles. The minimum Gasteiger partial charge on any atom is -0.238 e. The zero-order valence-electron chi connectivity index (χ0n) is 16.3. The molecule has 0 aliphatic heterocycles. The summed E-state index contributed by atoms with van der Waals surface area (Å²) < 4.78 is 15.9. The molecule has 8 atom stereocenters. The van der Waals surface area contributed by atoms with Gasteiger partial charge in [0.1, 0.15) is 5.67 Å².